The first-order valence-electron chi connectivity index (χ1n) is 10.4. The Bertz CT molecular complexity index is 550. The van der Waals surface area contributed by atoms with Gasteiger partial charge in [0.1, 0.15) is 12.1 Å². The molecule has 0 aromatic heterocycles. The van der Waals surface area contributed by atoms with Crippen LogP contribution in [0.2, 0.25) is 0 Å². The predicted molar refractivity (Wildman–Crippen MR) is 126 cm³/mol. The van der Waals surface area contributed by atoms with Crippen LogP contribution >= 0.6 is 21.6 Å². The third-order valence-corrected chi connectivity index (χ3v) is 6.82. The number of amides is 2. The van der Waals surface area contributed by atoms with Crippen molar-refractivity contribution >= 4 is 45.3 Å². The molecule has 0 saturated carbocycles. The van der Waals surface area contributed by atoms with Crippen molar-refractivity contribution < 1.29 is 29.4 Å². The Morgan fingerprint density at radius 2 is 1.03 bits per heavy atom. The van der Waals surface area contributed by atoms with Gasteiger partial charge in [-0.2, -0.15) is 0 Å². The van der Waals surface area contributed by atoms with Gasteiger partial charge in [0.15, 0.2) is 0 Å². The molecule has 0 spiro atoms. The zero-order valence-electron chi connectivity index (χ0n) is 18.0. The van der Waals surface area contributed by atoms with Crippen molar-refractivity contribution in [1.82, 2.24) is 10.6 Å². The summed E-state index contributed by atoms with van der Waals surface area (Å²) in [5.74, 6) is -3.63. The highest BCUT2D eigenvalue weighted by Gasteiger charge is 2.25. The molecule has 0 rings (SSSR count). The van der Waals surface area contributed by atoms with Crippen molar-refractivity contribution in [2.45, 2.75) is 62.7 Å². The minimum atomic E-state index is -1.23. The first-order valence-corrected chi connectivity index (χ1v) is 12.8. The van der Waals surface area contributed by atoms with E-state index < -0.39 is 47.9 Å². The maximum Gasteiger partial charge on any atom is 0.327 e. The lowest BCUT2D eigenvalue weighted by molar-refractivity contribution is -0.141. The van der Waals surface area contributed by atoms with Gasteiger partial charge in [0.25, 0.3) is 0 Å². The van der Waals surface area contributed by atoms with Gasteiger partial charge in [-0.05, 0) is 38.8 Å². The van der Waals surface area contributed by atoms with Crippen LogP contribution < -0.4 is 33.6 Å². The van der Waals surface area contributed by atoms with Crippen molar-refractivity contribution in [3.63, 3.8) is 0 Å². The maximum absolute atomic E-state index is 12.1. The van der Waals surface area contributed by atoms with Crippen molar-refractivity contribution in [1.29, 1.82) is 0 Å². The van der Waals surface area contributed by atoms with E-state index >= 15 is 0 Å². The predicted octanol–water partition coefficient (Wildman–Crippen LogP) is -1.58. The highest BCUT2D eigenvalue weighted by molar-refractivity contribution is 8.76. The van der Waals surface area contributed by atoms with Crippen LogP contribution in [0.4, 0.5) is 0 Å². The number of nitrogens with two attached hydrogens (primary N) is 4. The molecule has 0 aliphatic heterocycles. The Kier molecular flexibility index (Phi) is 17.0. The first kappa shape index (κ1) is 30.4. The van der Waals surface area contributed by atoms with Crippen molar-refractivity contribution in [3.8, 4) is 0 Å². The summed E-state index contributed by atoms with van der Waals surface area (Å²) < 4.78 is 0. The third kappa shape index (κ3) is 13.8. The molecule has 32 heavy (non-hydrogen) atoms. The van der Waals surface area contributed by atoms with Crippen LogP contribution in [0.1, 0.15) is 38.5 Å². The van der Waals surface area contributed by atoms with Crippen LogP contribution in [-0.2, 0) is 19.2 Å². The molecule has 0 unspecified atom stereocenters. The molecule has 14 heteroatoms. The summed E-state index contributed by atoms with van der Waals surface area (Å²) in [7, 11) is 2.13. The Balaban J connectivity index is 4.49. The number of aliphatic carboxylic acids is 2. The molecule has 0 fully saturated rings. The topological polar surface area (TPSA) is 237 Å². The molecule has 186 valence electrons. The third-order valence-electron chi connectivity index (χ3n) is 4.39. The van der Waals surface area contributed by atoms with Gasteiger partial charge in [0, 0.05) is 11.5 Å². The van der Waals surface area contributed by atoms with Crippen LogP contribution in [0, 0.1) is 0 Å². The van der Waals surface area contributed by atoms with E-state index in [1.54, 1.807) is 0 Å². The lowest BCUT2D eigenvalue weighted by Crippen LogP contribution is -2.50. The summed E-state index contributed by atoms with van der Waals surface area (Å²) in [5, 5.41) is 23.4. The van der Waals surface area contributed by atoms with Gasteiger partial charge in [-0.1, -0.05) is 34.4 Å². The van der Waals surface area contributed by atoms with Gasteiger partial charge in [0.2, 0.25) is 11.8 Å². The molecule has 0 aliphatic carbocycles. The molecule has 0 heterocycles. The van der Waals surface area contributed by atoms with Crippen molar-refractivity contribution in [2.75, 3.05) is 24.6 Å². The number of hydrogen-bond acceptors (Lipinski definition) is 10. The normalized spacial score (nSPS) is 14.8. The van der Waals surface area contributed by atoms with Gasteiger partial charge in [-0.3, -0.25) is 9.59 Å². The molecule has 4 atom stereocenters. The summed E-state index contributed by atoms with van der Waals surface area (Å²) in [5.41, 5.74) is 22.3. The number of hydrogen-bond donors (Lipinski definition) is 8. The number of rotatable bonds is 19. The molecular weight excluding hydrogens is 460 g/mol. The number of carboxylic acid groups (broad SMARTS) is 2. The smallest absolute Gasteiger partial charge is 0.327 e. The summed E-state index contributed by atoms with van der Waals surface area (Å²) in [6, 6.07) is -4.03. The van der Waals surface area contributed by atoms with Crippen LogP contribution in [0.5, 0.6) is 0 Å². The molecule has 12 N–H and O–H groups in total. The van der Waals surface area contributed by atoms with E-state index in [4.69, 9.17) is 22.9 Å². The average molecular weight is 497 g/mol. The molecule has 12 nitrogen and oxygen atoms in total. The molecule has 0 bridgehead atoms. The van der Waals surface area contributed by atoms with Crippen LogP contribution in [0.25, 0.3) is 0 Å². The van der Waals surface area contributed by atoms with Gasteiger partial charge in [-0.15, -0.1) is 0 Å². The minimum absolute atomic E-state index is 0.0137. The second-order valence-electron chi connectivity index (χ2n) is 7.15. The van der Waals surface area contributed by atoms with Crippen molar-refractivity contribution in [2.24, 2.45) is 22.9 Å². The molecule has 2 amide bonds. The fraction of sp³-hybridized carbons (Fsp3) is 0.778. The summed E-state index contributed by atoms with van der Waals surface area (Å²) >= 11 is 0. The highest BCUT2D eigenvalue weighted by Crippen LogP contribution is 2.23. The molecule has 0 aliphatic rings. The Hall–Kier alpha value is -1.58. The van der Waals surface area contributed by atoms with E-state index in [1.165, 1.54) is 0 Å². The van der Waals surface area contributed by atoms with Gasteiger partial charge in [-0.25, -0.2) is 9.59 Å². The van der Waals surface area contributed by atoms with Crippen LogP contribution in [0.15, 0.2) is 0 Å². The summed E-state index contributed by atoms with van der Waals surface area (Å²) in [4.78, 5) is 47.0. The standard InChI is InChI=1S/C18H36N6O6S2/c19-7-3-1-5-11(21)15(25)23-13(17(27)28)9-31-32-10-14(18(29)30)24-16(26)12(22)6-2-4-8-20/h11-14H,1-10,19-22H2,(H,23,25)(H,24,26)(H,27,28)(H,29,30)/t11-,12-,13-,14-/m0/s1. The minimum Gasteiger partial charge on any atom is -0.480 e. The SMILES string of the molecule is NCCCC[C@H](N)C(=O)N[C@@H](CSSC[C@H](NC(=O)[C@@H](N)CCCCN)C(=O)O)C(=O)O. The van der Waals surface area contributed by atoms with Crippen LogP contribution in [0.3, 0.4) is 0 Å². The monoisotopic (exact) mass is 496 g/mol. The van der Waals surface area contributed by atoms with E-state index in [0.717, 1.165) is 34.4 Å². The Labute approximate surface area is 195 Å². The molecule has 0 radical (unpaired) electrons. The zero-order chi connectivity index (χ0) is 24.5. The van der Waals surface area contributed by atoms with Gasteiger partial charge >= 0.3 is 11.9 Å². The van der Waals surface area contributed by atoms with E-state index in [0.29, 0.717) is 38.8 Å². The lowest BCUT2D eigenvalue weighted by Gasteiger charge is -2.19. The molecule has 0 saturated heterocycles. The second-order valence-corrected chi connectivity index (χ2v) is 9.70. The average Bonchev–Trinajstić information content (AvgIpc) is 2.74. The van der Waals surface area contributed by atoms with Crippen molar-refractivity contribution in [3.05, 3.63) is 0 Å². The summed E-state index contributed by atoms with van der Waals surface area (Å²) in [6.07, 6.45) is 3.54. The number of nitrogens with one attached hydrogen (secondary N) is 2. The number of carbonyl (C=O) groups is 4. The Morgan fingerprint density at radius 1 is 0.688 bits per heavy atom. The quantitative estimate of drug-likeness (QED) is 0.0746. The van der Waals surface area contributed by atoms with Crippen LogP contribution in [-0.4, -0.2) is 82.7 Å². The molecular formula is C18H36N6O6S2. The number of carboxylic acids is 2. The van der Waals surface area contributed by atoms with E-state index in [2.05, 4.69) is 10.6 Å². The van der Waals surface area contributed by atoms with Gasteiger partial charge < -0.3 is 43.8 Å². The lowest BCUT2D eigenvalue weighted by atomic mass is 10.1. The maximum atomic E-state index is 12.1. The zero-order valence-corrected chi connectivity index (χ0v) is 19.7. The van der Waals surface area contributed by atoms with E-state index in [-0.39, 0.29) is 11.5 Å². The fourth-order valence-corrected chi connectivity index (χ4v) is 4.73. The largest absolute Gasteiger partial charge is 0.480 e. The molecule has 0 aromatic rings. The fourth-order valence-electron chi connectivity index (χ4n) is 2.42. The second kappa shape index (κ2) is 17.9. The van der Waals surface area contributed by atoms with Gasteiger partial charge in [0.05, 0.1) is 12.1 Å². The number of unbranched alkanes of at least 4 members (excludes halogenated alkanes) is 2. The summed E-state index contributed by atoms with van der Waals surface area (Å²) in [6.45, 7) is 0.968. The first-order chi connectivity index (χ1) is 15.1. The van der Waals surface area contributed by atoms with E-state index in [9.17, 15) is 29.4 Å². The highest BCUT2D eigenvalue weighted by atomic mass is 33.1. The number of carbonyl (C=O) groups excluding carboxylic acids is 2. The Morgan fingerprint density at radius 3 is 1.31 bits per heavy atom. The van der Waals surface area contributed by atoms with E-state index in [1.807, 2.05) is 0 Å². The molecule has 0 aromatic carbocycles.